The molecular weight excluding hydrogens is 484 g/mol. The van der Waals surface area contributed by atoms with Gasteiger partial charge in [0.1, 0.15) is 22.1 Å². The average molecular weight is 519 g/mol. The maximum Gasteiger partial charge on any atom is 0.246 e. The van der Waals surface area contributed by atoms with Crippen LogP contribution in [0.5, 0.6) is 17.2 Å². The fraction of sp³-hybridized carbons (Fsp3) is 0.500. The first-order chi connectivity index (χ1) is 17.4. The second-order valence-electron chi connectivity index (χ2n) is 9.23. The summed E-state index contributed by atoms with van der Waals surface area (Å²) < 4.78 is 51.2. The summed E-state index contributed by atoms with van der Waals surface area (Å²) in [5.74, 6) is 1.35. The highest BCUT2D eigenvalue weighted by molar-refractivity contribution is 7.89. The molecule has 2 aromatic rings. The van der Waals surface area contributed by atoms with E-state index in [0.717, 1.165) is 0 Å². The summed E-state index contributed by atoms with van der Waals surface area (Å²) in [5.41, 5.74) is -0.678. The molecule has 9 nitrogen and oxygen atoms in total. The maximum atomic E-state index is 13.8. The lowest BCUT2D eigenvalue weighted by Gasteiger charge is -2.42. The minimum Gasteiger partial charge on any atom is -0.497 e. The van der Waals surface area contributed by atoms with Crippen LogP contribution < -0.4 is 14.2 Å². The Morgan fingerprint density at radius 2 is 1.75 bits per heavy atom. The molecule has 1 amide bonds. The number of carbonyl (C=O) groups is 1. The first-order valence-electron chi connectivity index (χ1n) is 12.1. The number of hydrogen-bond acceptors (Lipinski definition) is 7. The fourth-order valence-corrected chi connectivity index (χ4v) is 6.57. The van der Waals surface area contributed by atoms with Crippen LogP contribution in [0, 0.1) is 5.41 Å². The summed E-state index contributed by atoms with van der Waals surface area (Å²) in [6.45, 7) is 2.84. The zero-order valence-corrected chi connectivity index (χ0v) is 21.7. The fourth-order valence-electron chi connectivity index (χ4n) is 4.80. The van der Waals surface area contributed by atoms with Crippen LogP contribution in [0.4, 0.5) is 0 Å². The molecule has 2 heterocycles. The molecular formula is C26H34N2O7S. The first-order valence-corrected chi connectivity index (χ1v) is 13.6. The number of hydrogen-bond donors (Lipinski definition) is 0. The first kappa shape index (κ1) is 26.2. The van der Waals surface area contributed by atoms with E-state index in [1.807, 2.05) is 30.3 Å². The van der Waals surface area contributed by atoms with Gasteiger partial charge < -0.3 is 23.8 Å². The van der Waals surface area contributed by atoms with Crippen molar-refractivity contribution in [3.8, 4) is 17.2 Å². The van der Waals surface area contributed by atoms with E-state index in [2.05, 4.69) is 0 Å². The van der Waals surface area contributed by atoms with Crippen molar-refractivity contribution in [1.82, 2.24) is 9.21 Å². The Balaban J connectivity index is 1.62. The molecule has 0 bridgehead atoms. The standard InChI is InChI=1S/C26H34N2O7S/c1-32-22-9-10-23(33-2)24(17-22)36(30,31)28-12-6-11-26(19-28,20-35-21-7-4-3-5-8-21)18-25(29)27-13-15-34-16-14-27/h3-5,7-10,17H,6,11-16,18-20H2,1-2H3/t26-/m1/s1. The monoisotopic (exact) mass is 518 g/mol. The van der Waals surface area contributed by atoms with Crippen molar-refractivity contribution in [2.24, 2.45) is 5.41 Å². The van der Waals surface area contributed by atoms with Gasteiger partial charge in [0.25, 0.3) is 0 Å². The van der Waals surface area contributed by atoms with Crippen molar-refractivity contribution < 1.29 is 32.2 Å². The number of para-hydroxylation sites is 1. The summed E-state index contributed by atoms with van der Waals surface area (Å²) in [6, 6.07) is 14.1. The van der Waals surface area contributed by atoms with Crippen LogP contribution in [-0.4, -0.2) is 83.7 Å². The molecule has 196 valence electrons. The molecule has 2 saturated heterocycles. The third-order valence-electron chi connectivity index (χ3n) is 6.79. The molecule has 36 heavy (non-hydrogen) atoms. The number of ether oxygens (including phenoxy) is 4. The molecule has 0 spiro atoms. The van der Waals surface area contributed by atoms with Gasteiger partial charge in [0.2, 0.25) is 15.9 Å². The van der Waals surface area contributed by atoms with Gasteiger partial charge in [0.05, 0.1) is 34.0 Å². The van der Waals surface area contributed by atoms with Gasteiger partial charge in [-0.05, 0) is 37.1 Å². The Morgan fingerprint density at radius 3 is 2.44 bits per heavy atom. The normalized spacial score (nSPS) is 21.1. The molecule has 0 radical (unpaired) electrons. The summed E-state index contributed by atoms with van der Waals surface area (Å²) in [4.78, 5) is 15.1. The maximum absolute atomic E-state index is 13.8. The van der Waals surface area contributed by atoms with Crippen molar-refractivity contribution in [3.63, 3.8) is 0 Å². The molecule has 0 aliphatic carbocycles. The number of methoxy groups -OCH3 is 2. The summed E-state index contributed by atoms with van der Waals surface area (Å²) in [6.07, 6.45) is 1.48. The molecule has 4 rings (SSSR count). The Bertz CT molecular complexity index is 1140. The molecule has 10 heteroatoms. The quantitative estimate of drug-likeness (QED) is 0.504. The number of morpholine rings is 1. The van der Waals surface area contributed by atoms with Gasteiger partial charge in [-0.1, -0.05) is 18.2 Å². The number of amides is 1. The Morgan fingerprint density at radius 1 is 1.00 bits per heavy atom. The van der Waals surface area contributed by atoms with E-state index < -0.39 is 15.4 Å². The minimum absolute atomic E-state index is 0.00632. The van der Waals surface area contributed by atoms with Gasteiger partial charge in [-0.2, -0.15) is 4.31 Å². The minimum atomic E-state index is -3.92. The van der Waals surface area contributed by atoms with Crippen LogP contribution in [0.25, 0.3) is 0 Å². The van der Waals surface area contributed by atoms with E-state index in [0.29, 0.717) is 57.2 Å². The summed E-state index contributed by atoms with van der Waals surface area (Å²) in [7, 11) is -0.995. The number of carbonyl (C=O) groups excluding carboxylic acids is 1. The molecule has 0 N–H and O–H groups in total. The van der Waals surface area contributed by atoms with Gasteiger partial charge in [0.15, 0.2) is 0 Å². The Kier molecular flexibility index (Phi) is 8.38. The molecule has 0 unspecified atom stereocenters. The Labute approximate surface area is 212 Å². The lowest BCUT2D eigenvalue weighted by Crippen LogP contribution is -2.51. The van der Waals surface area contributed by atoms with Crippen molar-refractivity contribution in [3.05, 3.63) is 48.5 Å². The van der Waals surface area contributed by atoms with Crippen molar-refractivity contribution in [1.29, 1.82) is 0 Å². The van der Waals surface area contributed by atoms with Gasteiger partial charge >= 0.3 is 0 Å². The highest BCUT2D eigenvalue weighted by atomic mass is 32.2. The smallest absolute Gasteiger partial charge is 0.246 e. The number of nitrogens with zero attached hydrogens (tertiary/aromatic N) is 2. The second kappa shape index (κ2) is 11.5. The topological polar surface area (TPSA) is 94.6 Å². The SMILES string of the molecule is COc1ccc(OC)c(S(=O)(=O)N2CCC[C@@](COc3ccccc3)(CC(=O)N3CCOCC3)C2)c1. The lowest BCUT2D eigenvalue weighted by molar-refractivity contribution is -0.139. The van der Waals surface area contributed by atoms with Crippen LogP contribution in [0.3, 0.4) is 0 Å². The predicted molar refractivity (Wildman–Crippen MR) is 134 cm³/mol. The van der Waals surface area contributed by atoms with Crippen molar-refractivity contribution in [2.45, 2.75) is 24.2 Å². The van der Waals surface area contributed by atoms with Crippen LogP contribution in [-0.2, 0) is 19.6 Å². The second-order valence-corrected chi connectivity index (χ2v) is 11.1. The molecule has 0 aromatic heterocycles. The highest BCUT2D eigenvalue weighted by Crippen LogP contribution is 2.39. The largest absolute Gasteiger partial charge is 0.497 e. The third-order valence-corrected chi connectivity index (χ3v) is 8.66. The van der Waals surface area contributed by atoms with E-state index in [1.165, 1.54) is 24.6 Å². The molecule has 0 saturated carbocycles. The zero-order valence-electron chi connectivity index (χ0n) is 20.9. The molecule has 1 atom stereocenters. The summed E-state index contributed by atoms with van der Waals surface area (Å²) in [5, 5.41) is 0. The van der Waals surface area contributed by atoms with Crippen LogP contribution >= 0.6 is 0 Å². The van der Waals surface area contributed by atoms with Crippen LogP contribution in [0.1, 0.15) is 19.3 Å². The van der Waals surface area contributed by atoms with E-state index >= 15 is 0 Å². The third kappa shape index (κ3) is 5.93. The average Bonchev–Trinajstić information content (AvgIpc) is 2.92. The van der Waals surface area contributed by atoms with Gasteiger partial charge in [0, 0.05) is 44.1 Å². The Hall–Kier alpha value is -2.82. The number of piperidine rings is 1. The van der Waals surface area contributed by atoms with Crippen LogP contribution in [0.2, 0.25) is 0 Å². The van der Waals surface area contributed by atoms with Gasteiger partial charge in [-0.3, -0.25) is 4.79 Å². The molecule has 2 aromatic carbocycles. The van der Waals surface area contributed by atoms with E-state index in [-0.39, 0.29) is 36.1 Å². The highest BCUT2D eigenvalue weighted by Gasteiger charge is 2.44. The molecule has 2 fully saturated rings. The number of sulfonamides is 1. The van der Waals surface area contributed by atoms with E-state index in [4.69, 9.17) is 18.9 Å². The zero-order chi connectivity index (χ0) is 25.6. The number of benzene rings is 2. The van der Waals surface area contributed by atoms with Gasteiger partial charge in [-0.15, -0.1) is 0 Å². The van der Waals surface area contributed by atoms with E-state index in [9.17, 15) is 13.2 Å². The summed E-state index contributed by atoms with van der Waals surface area (Å²) >= 11 is 0. The van der Waals surface area contributed by atoms with Gasteiger partial charge in [-0.25, -0.2) is 8.42 Å². The van der Waals surface area contributed by atoms with E-state index in [1.54, 1.807) is 17.0 Å². The molecule has 2 aliphatic rings. The number of rotatable bonds is 9. The molecule has 2 aliphatic heterocycles. The lowest BCUT2D eigenvalue weighted by atomic mass is 9.78. The van der Waals surface area contributed by atoms with Crippen molar-refractivity contribution in [2.75, 3.05) is 60.2 Å². The van der Waals surface area contributed by atoms with Crippen molar-refractivity contribution >= 4 is 15.9 Å². The predicted octanol–water partition coefficient (Wildman–Crippen LogP) is 2.80. The van der Waals surface area contributed by atoms with Crippen LogP contribution in [0.15, 0.2) is 53.4 Å².